The lowest BCUT2D eigenvalue weighted by Crippen LogP contribution is -2.34. The molecule has 3 rings (SSSR count). The van der Waals surface area contributed by atoms with Crippen LogP contribution < -0.4 is 5.48 Å². The molecule has 0 radical (unpaired) electrons. The van der Waals surface area contributed by atoms with Crippen LogP contribution in [0.25, 0.3) is 0 Å². The lowest BCUT2D eigenvalue weighted by atomic mass is 9.80. The number of nitrogens with one attached hydrogen (secondary N) is 1. The highest BCUT2D eigenvalue weighted by Crippen LogP contribution is 2.37. The second kappa shape index (κ2) is 4.56. The van der Waals surface area contributed by atoms with Crippen LogP contribution in [-0.4, -0.2) is 0 Å². The van der Waals surface area contributed by atoms with E-state index < -0.39 is 0 Å². The van der Waals surface area contributed by atoms with Gasteiger partial charge in [0.25, 0.3) is 0 Å². The summed E-state index contributed by atoms with van der Waals surface area (Å²) in [6.45, 7) is 0.708. The zero-order chi connectivity index (χ0) is 10.8. The van der Waals surface area contributed by atoms with Crippen molar-refractivity contribution in [2.24, 2.45) is 5.92 Å². The Labute approximate surface area is 97.0 Å². The maximum Gasteiger partial charge on any atom is 0.0936 e. The van der Waals surface area contributed by atoms with Crippen LogP contribution in [0.4, 0.5) is 0 Å². The summed E-state index contributed by atoms with van der Waals surface area (Å²) in [6, 6.07) is 9.11. The Kier molecular flexibility index (Phi) is 2.94. The summed E-state index contributed by atoms with van der Waals surface area (Å²) in [5.41, 5.74) is 6.06. The van der Waals surface area contributed by atoms with E-state index in [1.807, 2.05) is 0 Å². The van der Waals surface area contributed by atoms with E-state index in [1.54, 1.807) is 0 Å². The Hall–Kier alpha value is -0.860. The van der Waals surface area contributed by atoms with Crippen LogP contribution in [0.2, 0.25) is 0 Å². The van der Waals surface area contributed by atoms with Gasteiger partial charge in [0.2, 0.25) is 0 Å². The van der Waals surface area contributed by atoms with Crippen LogP contribution in [0.1, 0.15) is 49.3 Å². The van der Waals surface area contributed by atoms with E-state index in [1.165, 1.54) is 43.2 Å². The maximum atomic E-state index is 5.51. The van der Waals surface area contributed by atoms with Gasteiger partial charge < -0.3 is 0 Å². The normalized spacial score (nSPS) is 26.4. The van der Waals surface area contributed by atoms with E-state index in [-0.39, 0.29) is 0 Å². The molecule has 0 unspecified atom stereocenters. The third-order valence-corrected chi connectivity index (χ3v) is 3.95. The van der Waals surface area contributed by atoms with Crippen molar-refractivity contribution in [3.8, 4) is 0 Å². The molecular formula is C14H19NO. The summed E-state index contributed by atoms with van der Waals surface area (Å²) in [6.07, 6.45) is 6.85. The molecular weight excluding hydrogens is 198 g/mol. The highest BCUT2D eigenvalue weighted by Gasteiger charge is 2.29. The third kappa shape index (κ3) is 1.87. The van der Waals surface area contributed by atoms with Crippen molar-refractivity contribution in [1.82, 2.24) is 5.48 Å². The summed E-state index contributed by atoms with van der Waals surface area (Å²) in [5.74, 6) is 0.759. The van der Waals surface area contributed by atoms with E-state index in [4.69, 9.17) is 4.84 Å². The summed E-state index contributed by atoms with van der Waals surface area (Å²) >= 11 is 0. The lowest BCUT2D eigenvalue weighted by molar-refractivity contribution is -0.0311. The van der Waals surface area contributed by atoms with Crippen molar-refractivity contribution in [2.45, 2.75) is 44.8 Å². The Morgan fingerprint density at radius 1 is 1.06 bits per heavy atom. The van der Waals surface area contributed by atoms with Crippen molar-refractivity contribution in [1.29, 1.82) is 0 Å². The molecule has 1 fully saturated rings. The number of benzene rings is 1. The van der Waals surface area contributed by atoms with Crippen LogP contribution in [0.5, 0.6) is 0 Å². The van der Waals surface area contributed by atoms with Gasteiger partial charge in [0.05, 0.1) is 12.6 Å². The Bertz CT molecular complexity index is 358. The van der Waals surface area contributed by atoms with Crippen molar-refractivity contribution >= 4 is 0 Å². The first-order valence-corrected chi connectivity index (χ1v) is 6.40. The first-order valence-electron chi connectivity index (χ1n) is 6.40. The lowest BCUT2D eigenvalue weighted by Gasteiger charge is -2.34. The van der Waals surface area contributed by atoms with E-state index in [2.05, 4.69) is 29.7 Å². The molecule has 2 nitrogen and oxygen atoms in total. The monoisotopic (exact) mass is 217 g/mol. The quantitative estimate of drug-likeness (QED) is 0.779. The van der Waals surface area contributed by atoms with Gasteiger partial charge >= 0.3 is 0 Å². The third-order valence-electron chi connectivity index (χ3n) is 3.95. The molecule has 0 aromatic heterocycles. The molecule has 1 aromatic carbocycles. The highest BCUT2D eigenvalue weighted by atomic mass is 16.6. The van der Waals surface area contributed by atoms with Gasteiger partial charge in [0.15, 0.2) is 0 Å². The van der Waals surface area contributed by atoms with Crippen molar-refractivity contribution < 1.29 is 4.84 Å². The number of rotatable bonds is 1. The maximum absolute atomic E-state index is 5.51. The molecule has 86 valence electrons. The van der Waals surface area contributed by atoms with Crippen LogP contribution in [-0.2, 0) is 11.4 Å². The predicted molar refractivity (Wildman–Crippen MR) is 63.7 cm³/mol. The molecule has 1 aliphatic heterocycles. The molecule has 1 aromatic rings. The molecule has 1 N–H and O–H groups in total. The van der Waals surface area contributed by atoms with Gasteiger partial charge in [-0.25, -0.2) is 0 Å². The summed E-state index contributed by atoms with van der Waals surface area (Å²) in [7, 11) is 0. The largest absolute Gasteiger partial charge is 0.296 e. The number of hydrogen-bond acceptors (Lipinski definition) is 2. The molecule has 2 aliphatic rings. The van der Waals surface area contributed by atoms with Crippen LogP contribution in [0.15, 0.2) is 24.3 Å². The molecule has 0 saturated heterocycles. The van der Waals surface area contributed by atoms with E-state index >= 15 is 0 Å². The van der Waals surface area contributed by atoms with Crippen LogP contribution in [0.3, 0.4) is 0 Å². The Balaban J connectivity index is 1.86. The minimum atomic E-state index is 0.422. The van der Waals surface area contributed by atoms with Gasteiger partial charge in [0, 0.05) is 0 Å². The summed E-state index contributed by atoms with van der Waals surface area (Å²) in [5, 5.41) is 0. The predicted octanol–water partition coefficient (Wildman–Crippen LogP) is 3.34. The van der Waals surface area contributed by atoms with Gasteiger partial charge in [-0.1, -0.05) is 43.5 Å². The zero-order valence-corrected chi connectivity index (χ0v) is 9.61. The fourth-order valence-corrected chi connectivity index (χ4v) is 3.06. The van der Waals surface area contributed by atoms with Crippen molar-refractivity contribution in [3.05, 3.63) is 35.4 Å². The topological polar surface area (TPSA) is 21.3 Å². The van der Waals surface area contributed by atoms with E-state index in [9.17, 15) is 0 Å². The van der Waals surface area contributed by atoms with Gasteiger partial charge in [-0.05, 0) is 29.9 Å². The minimum Gasteiger partial charge on any atom is -0.296 e. The summed E-state index contributed by atoms with van der Waals surface area (Å²) < 4.78 is 0. The van der Waals surface area contributed by atoms with E-state index in [0.29, 0.717) is 12.6 Å². The molecule has 1 saturated carbocycles. The van der Waals surface area contributed by atoms with Crippen LogP contribution in [0, 0.1) is 5.92 Å². The number of fused-ring (bicyclic) bond motifs is 1. The van der Waals surface area contributed by atoms with E-state index in [0.717, 1.165) is 5.92 Å². The minimum absolute atomic E-state index is 0.422. The molecule has 0 spiro atoms. The van der Waals surface area contributed by atoms with Crippen molar-refractivity contribution in [2.75, 3.05) is 0 Å². The molecule has 1 aliphatic carbocycles. The number of hydrogen-bond donors (Lipinski definition) is 1. The second-order valence-electron chi connectivity index (χ2n) is 4.98. The molecule has 1 heterocycles. The molecule has 16 heavy (non-hydrogen) atoms. The molecule has 1 atom stereocenters. The van der Waals surface area contributed by atoms with Crippen LogP contribution >= 0.6 is 0 Å². The fraction of sp³-hybridized carbons (Fsp3) is 0.571. The van der Waals surface area contributed by atoms with Gasteiger partial charge in [-0.2, -0.15) is 5.48 Å². The Morgan fingerprint density at radius 2 is 1.88 bits per heavy atom. The SMILES string of the molecule is c1ccc2c(c1)CON[C@@H]2C1CCCCC1. The Morgan fingerprint density at radius 3 is 2.75 bits per heavy atom. The molecule has 2 heteroatoms. The van der Waals surface area contributed by atoms with Crippen molar-refractivity contribution in [3.63, 3.8) is 0 Å². The van der Waals surface area contributed by atoms with Gasteiger partial charge in [0.1, 0.15) is 0 Å². The van der Waals surface area contributed by atoms with Gasteiger partial charge in [-0.15, -0.1) is 0 Å². The molecule has 0 bridgehead atoms. The summed E-state index contributed by atoms with van der Waals surface area (Å²) in [4.78, 5) is 5.51. The smallest absolute Gasteiger partial charge is 0.0936 e. The standard InChI is InChI=1S/C14H19NO/c1-2-6-11(7-3-1)14-13-9-5-4-8-12(13)10-16-15-14/h4-5,8-9,11,14-15H,1-3,6-7,10H2/t14-/m1/s1. The first-order chi connectivity index (χ1) is 7.95. The highest BCUT2D eigenvalue weighted by molar-refractivity contribution is 5.31. The second-order valence-corrected chi connectivity index (χ2v) is 4.98. The first kappa shape index (κ1) is 10.3. The molecule has 0 amide bonds. The fourth-order valence-electron chi connectivity index (χ4n) is 3.06. The van der Waals surface area contributed by atoms with Gasteiger partial charge in [-0.3, -0.25) is 4.84 Å². The number of hydroxylamine groups is 1. The average Bonchev–Trinajstić information content (AvgIpc) is 2.39. The zero-order valence-electron chi connectivity index (χ0n) is 9.61. The average molecular weight is 217 g/mol.